The Morgan fingerprint density at radius 2 is 2.15 bits per heavy atom. The molecule has 1 heterocycles. The van der Waals surface area contributed by atoms with Crippen LogP contribution in [0.2, 0.25) is 0 Å². The molecule has 20 heavy (non-hydrogen) atoms. The van der Waals surface area contributed by atoms with E-state index >= 15 is 0 Å². The van der Waals surface area contributed by atoms with E-state index in [-0.39, 0.29) is 0 Å². The van der Waals surface area contributed by atoms with E-state index < -0.39 is 0 Å². The molecule has 2 rings (SSSR count). The second-order valence-electron chi connectivity index (χ2n) is 5.73. The van der Waals surface area contributed by atoms with Crippen LogP contribution in [-0.2, 0) is 11.2 Å². The number of benzene rings is 1. The van der Waals surface area contributed by atoms with Crippen molar-refractivity contribution in [2.45, 2.75) is 38.3 Å². The minimum absolute atomic E-state index is 0.558. The van der Waals surface area contributed by atoms with Gasteiger partial charge in [-0.3, -0.25) is 4.90 Å². The van der Waals surface area contributed by atoms with Crippen LogP contribution in [0.3, 0.4) is 0 Å². The van der Waals surface area contributed by atoms with Crippen molar-refractivity contribution in [2.24, 2.45) is 0 Å². The highest BCUT2D eigenvalue weighted by Crippen LogP contribution is 2.13. The summed E-state index contributed by atoms with van der Waals surface area (Å²) in [6.45, 7) is 6.46. The zero-order chi connectivity index (χ0) is 14.2. The van der Waals surface area contributed by atoms with Gasteiger partial charge in [-0.15, -0.1) is 0 Å². The van der Waals surface area contributed by atoms with Crippen molar-refractivity contribution in [3.63, 3.8) is 0 Å². The van der Waals surface area contributed by atoms with Crippen molar-refractivity contribution in [1.29, 1.82) is 0 Å². The maximum atomic E-state index is 5.40. The van der Waals surface area contributed by atoms with Gasteiger partial charge in [-0.2, -0.15) is 0 Å². The molecule has 112 valence electrons. The van der Waals surface area contributed by atoms with E-state index in [9.17, 15) is 0 Å². The predicted molar refractivity (Wildman–Crippen MR) is 84.1 cm³/mol. The van der Waals surface area contributed by atoms with Crippen molar-refractivity contribution < 1.29 is 4.74 Å². The molecule has 1 saturated heterocycles. The topological polar surface area (TPSA) is 24.5 Å². The summed E-state index contributed by atoms with van der Waals surface area (Å²) in [5.74, 6) is 0. The largest absolute Gasteiger partial charge is 0.383 e. The van der Waals surface area contributed by atoms with Crippen LogP contribution in [0, 0.1) is 0 Å². The molecule has 1 aromatic rings. The SMILES string of the molecule is CCCC(COC)N1CCNC(Cc2ccccc2)C1. The number of hydrogen-bond donors (Lipinski definition) is 1. The fourth-order valence-electron chi connectivity index (χ4n) is 3.12. The van der Waals surface area contributed by atoms with E-state index in [1.54, 1.807) is 0 Å². The van der Waals surface area contributed by atoms with E-state index in [1.165, 1.54) is 18.4 Å². The molecule has 3 heteroatoms. The van der Waals surface area contributed by atoms with Crippen LogP contribution in [0.15, 0.2) is 30.3 Å². The predicted octanol–water partition coefficient (Wildman–Crippen LogP) is 2.32. The first kappa shape index (κ1) is 15.5. The van der Waals surface area contributed by atoms with Gasteiger partial charge in [0.1, 0.15) is 0 Å². The van der Waals surface area contributed by atoms with Gasteiger partial charge >= 0.3 is 0 Å². The third-order valence-corrected chi connectivity index (χ3v) is 4.11. The van der Waals surface area contributed by atoms with Gasteiger partial charge < -0.3 is 10.1 Å². The standard InChI is InChI=1S/C17H28N2O/c1-3-7-17(14-20-2)19-11-10-18-16(13-19)12-15-8-5-4-6-9-15/h4-6,8-9,16-18H,3,7,10-14H2,1-2H3. The van der Waals surface area contributed by atoms with E-state index in [0.717, 1.165) is 32.7 Å². The molecule has 1 aliphatic heterocycles. The van der Waals surface area contributed by atoms with Gasteiger partial charge in [0.2, 0.25) is 0 Å². The number of nitrogens with zero attached hydrogens (tertiary/aromatic N) is 1. The normalized spacial score (nSPS) is 21.8. The molecule has 1 N–H and O–H groups in total. The first-order valence-electron chi connectivity index (χ1n) is 7.83. The Morgan fingerprint density at radius 1 is 1.35 bits per heavy atom. The minimum atomic E-state index is 0.558. The fourth-order valence-corrected chi connectivity index (χ4v) is 3.12. The third-order valence-electron chi connectivity index (χ3n) is 4.11. The molecular weight excluding hydrogens is 248 g/mol. The van der Waals surface area contributed by atoms with Gasteiger partial charge in [-0.1, -0.05) is 43.7 Å². The van der Waals surface area contributed by atoms with Crippen LogP contribution in [-0.4, -0.2) is 50.3 Å². The van der Waals surface area contributed by atoms with Crippen LogP contribution in [0.4, 0.5) is 0 Å². The zero-order valence-electron chi connectivity index (χ0n) is 12.8. The smallest absolute Gasteiger partial charge is 0.0618 e. The summed E-state index contributed by atoms with van der Waals surface area (Å²) in [5, 5.41) is 3.65. The highest BCUT2D eigenvalue weighted by Gasteiger charge is 2.25. The molecule has 2 unspecified atom stereocenters. The van der Waals surface area contributed by atoms with Crippen molar-refractivity contribution >= 4 is 0 Å². The van der Waals surface area contributed by atoms with Crippen molar-refractivity contribution in [3.05, 3.63) is 35.9 Å². The van der Waals surface area contributed by atoms with Crippen molar-refractivity contribution in [1.82, 2.24) is 10.2 Å². The number of ether oxygens (including phenoxy) is 1. The van der Waals surface area contributed by atoms with Gasteiger partial charge in [0, 0.05) is 38.8 Å². The van der Waals surface area contributed by atoms with Crippen LogP contribution in [0.1, 0.15) is 25.3 Å². The third kappa shape index (κ3) is 4.58. The summed E-state index contributed by atoms with van der Waals surface area (Å²) in [6, 6.07) is 11.9. The molecule has 0 bridgehead atoms. The van der Waals surface area contributed by atoms with Gasteiger partial charge in [-0.25, -0.2) is 0 Å². The zero-order valence-corrected chi connectivity index (χ0v) is 12.8. The molecule has 1 fully saturated rings. The quantitative estimate of drug-likeness (QED) is 0.827. The Balaban J connectivity index is 1.90. The lowest BCUT2D eigenvalue weighted by molar-refractivity contribution is 0.0644. The monoisotopic (exact) mass is 276 g/mol. The van der Waals surface area contributed by atoms with Crippen molar-refractivity contribution in [2.75, 3.05) is 33.4 Å². The highest BCUT2D eigenvalue weighted by molar-refractivity contribution is 5.16. The van der Waals surface area contributed by atoms with Gasteiger partial charge in [0.25, 0.3) is 0 Å². The maximum Gasteiger partial charge on any atom is 0.0618 e. The van der Waals surface area contributed by atoms with E-state index in [4.69, 9.17) is 4.74 Å². The average Bonchev–Trinajstić information content (AvgIpc) is 2.48. The Bertz CT molecular complexity index is 363. The van der Waals surface area contributed by atoms with Crippen LogP contribution >= 0.6 is 0 Å². The first-order valence-corrected chi connectivity index (χ1v) is 7.83. The van der Waals surface area contributed by atoms with E-state index in [2.05, 4.69) is 47.5 Å². The molecule has 0 aromatic heterocycles. The molecule has 0 saturated carbocycles. The van der Waals surface area contributed by atoms with E-state index in [0.29, 0.717) is 12.1 Å². The molecule has 3 nitrogen and oxygen atoms in total. The highest BCUT2D eigenvalue weighted by atomic mass is 16.5. The molecule has 1 aromatic carbocycles. The molecule has 2 atom stereocenters. The lowest BCUT2D eigenvalue weighted by Crippen LogP contribution is -2.55. The summed E-state index contributed by atoms with van der Waals surface area (Å²) in [7, 11) is 1.81. The lowest BCUT2D eigenvalue weighted by atomic mass is 10.0. The molecular formula is C17H28N2O. The van der Waals surface area contributed by atoms with Gasteiger partial charge in [0.05, 0.1) is 6.61 Å². The summed E-state index contributed by atoms with van der Waals surface area (Å²) < 4.78 is 5.40. The molecule has 1 aliphatic rings. The maximum absolute atomic E-state index is 5.40. The van der Waals surface area contributed by atoms with E-state index in [1.807, 2.05) is 7.11 Å². The van der Waals surface area contributed by atoms with Gasteiger partial charge in [0.15, 0.2) is 0 Å². The number of methoxy groups -OCH3 is 1. The van der Waals surface area contributed by atoms with Crippen LogP contribution < -0.4 is 5.32 Å². The van der Waals surface area contributed by atoms with Crippen LogP contribution in [0.5, 0.6) is 0 Å². The summed E-state index contributed by atoms with van der Waals surface area (Å²) in [5.41, 5.74) is 1.42. The minimum Gasteiger partial charge on any atom is -0.383 e. The molecule has 0 spiro atoms. The molecule has 0 radical (unpaired) electrons. The van der Waals surface area contributed by atoms with Gasteiger partial charge in [-0.05, 0) is 18.4 Å². The second-order valence-corrected chi connectivity index (χ2v) is 5.73. The Kier molecular flexibility index (Phi) is 6.51. The lowest BCUT2D eigenvalue weighted by Gasteiger charge is -2.38. The van der Waals surface area contributed by atoms with Crippen LogP contribution in [0.25, 0.3) is 0 Å². The first-order chi connectivity index (χ1) is 9.83. The summed E-state index contributed by atoms with van der Waals surface area (Å²) >= 11 is 0. The number of rotatable bonds is 7. The number of hydrogen-bond acceptors (Lipinski definition) is 3. The number of nitrogens with one attached hydrogen (secondary N) is 1. The Hall–Kier alpha value is -0.900. The average molecular weight is 276 g/mol. The molecule has 0 amide bonds. The Labute approximate surface area is 123 Å². The molecule has 0 aliphatic carbocycles. The number of piperazine rings is 1. The van der Waals surface area contributed by atoms with Crippen molar-refractivity contribution in [3.8, 4) is 0 Å². The summed E-state index contributed by atoms with van der Waals surface area (Å²) in [4.78, 5) is 2.61. The second kappa shape index (κ2) is 8.40. The summed E-state index contributed by atoms with van der Waals surface area (Å²) in [6.07, 6.45) is 3.57. The Morgan fingerprint density at radius 3 is 2.85 bits per heavy atom. The fraction of sp³-hybridized carbons (Fsp3) is 0.647.